The summed E-state index contributed by atoms with van der Waals surface area (Å²) in [6.07, 6.45) is 0. The predicted molar refractivity (Wildman–Crippen MR) is 75.9 cm³/mol. The van der Waals surface area contributed by atoms with E-state index in [1.165, 1.54) is 5.56 Å². The number of hydrogen-bond donors (Lipinski definition) is 0. The summed E-state index contributed by atoms with van der Waals surface area (Å²) in [6, 6.07) is 10.4. The number of tetrazole rings is 1. The standard InChI is InChI=1S/C14H21N5O/c1-3-18(11-13-7-5-4-6-8-13)12-14-15-16-17-19(14)9-10-20-2/h4-8H,3,9-12H2,1-2H3. The van der Waals surface area contributed by atoms with Crippen LogP contribution >= 0.6 is 0 Å². The van der Waals surface area contributed by atoms with Gasteiger partial charge >= 0.3 is 0 Å². The highest BCUT2D eigenvalue weighted by atomic mass is 16.5. The van der Waals surface area contributed by atoms with Crippen LogP contribution in [0.3, 0.4) is 0 Å². The average molecular weight is 275 g/mol. The van der Waals surface area contributed by atoms with Crippen molar-refractivity contribution in [3.63, 3.8) is 0 Å². The molecule has 0 saturated carbocycles. The van der Waals surface area contributed by atoms with Crippen molar-refractivity contribution in [1.82, 2.24) is 25.1 Å². The number of ether oxygens (including phenoxy) is 1. The van der Waals surface area contributed by atoms with Gasteiger partial charge in [-0.1, -0.05) is 37.3 Å². The first-order valence-corrected chi connectivity index (χ1v) is 6.83. The highest BCUT2D eigenvalue weighted by Gasteiger charge is 2.11. The molecule has 0 unspecified atom stereocenters. The summed E-state index contributed by atoms with van der Waals surface area (Å²) >= 11 is 0. The molecule has 108 valence electrons. The quantitative estimate of drug-likeness (QED) is 0.727. The first-order chi connectivity index (χ1) is 9.83. The summed E-state index contributed by atoms with van der Waals surface area (Å²) in [5.41, 5.74) is 1.30. The predicted octanol–water partition coefficient (Wildman–Crippen LogP) is 1.34. The Bertz CT molecular complexity index is 499. The fourth-order valence-corrected chi connectivity index (χ4v) is 2.01. The van der Waals surface area contributed by atoms with Crippen molar-refractivity contribution < 1.29 is 4.74 Å². The van der Waals surface area contributed by atoms with E-state index in [9.17, 15) is 0 Å². The zero-order chi connectivity index (χ0) is 14.2. The molecule has 0 aliphatic carbocycles. The van der Waals surface area contributed by atoms with Gasteiger partial charge in [0, 0.05) is 13.7 Å². The Morgan fingerprint density at radius 2 is 2.00 bits per heavy atom. The van der Waals surface area contributed by atoms with Gasteiger partial charge in [0.15, 0.2) is 5.82 Å². The maximum Gasteiger partial charge on any atom is 0.165 e. The molecule has 2 rings (SSSR count). The lowest BCUT2D eigenvalue weighted by atomic mass is 10.2. The fraction of sp³-hybridized carbons (Fsp3) is 0.500. The van der Waals surface area contributed by atoms with Crippen LogP contribution in [0.1, 0.15) is 18.3 Å². The van der Waals surface area contributed by atoms with Gasteiger partial charge < -0.3 is 4.74 Å². The van der Waals surface area contributed by atoms with Gasteiger partial charge in [-0.05, 0) is 22.5 Å². The second kappa shape index (κ2) is 7.72. The van der Waals surface area contributed by atoms with E-state index in [0.717, 1.165) is 25.5 Å². The van der Waals surface area contributed by atoms with Gasteiger partial charge in [0.2, 0.25) is 0 Å². The molecule has 6 heteroatoms. The minimum absolute atomic E-state index is 0.614. The number of aromatic nitrogens is 4. The Balaban J connectivity index is 1.97. The molecular weight excluding hydrogens is 254 g/mol. The summed E-state index contributed by atoms with van der Waals surface area (Å²) < 4.78 is 6.87. The fourth-order valence-electron chi connectivity index (χ4n) is 2.01. The van der Waals surface area contributed by atoms with Crippen molar-refractivity contribution in [1.29, 1.82) is 0 Å². The van der Waals surface area contributed by atoms with Crippen LogP contribution in [-0.4, -0.2) is 45.4 Å². The summed E-state index contributed by atoms with van der Waals surface area (Å²) in [5, 5.41) is 11.9. The Morgan fingerprint density at radius 1 is 1.20 bits per heavy atom. The molecule has 0 spiro atoms. The highest BCUT2D eigenvalue weighted by Crippen LogP contribution is 2.07. The summed E-state index contributed by atoms with van der Waals surface area (Å²) in [7, 11) is 1.68. The highest BCUT2D eigenvalue weighted by molar-refractivity contribution is 5.14. The smallest absolute Gasteiger partial charge is 0.165 e. The van der Waals surface area contributed by atoms with Crippen molar-refractivity contribution in [2.24, 2.45) is 0 Å². The van der Waals surface area contributed by atoms with Crippen LogP contribution in [0.15, 0.2) is 30.3 Å². The largest absolute Gasteiger partial charge is 0.383 e. The first-order valence-electron chi connectivity index (χ1n) is 6.83. The number of benzene rings is 1. The summed E-state index contributed by atoms with van der Waals surface area (Å²) in [4.78, 5) is 2.31. The van der Waals surface area contributed by atoms with E-state index in [-0.39, 0.29) is 0 Å². The molecule has 0 bridgehead atoms. The van der Waals surface area contributed by atoms with Crippen LogP contribution in [-0.2, 0) is 24.4 Å². The number of hydrogen-bond acceptors (Lipinski definition) is 5. The molecule has 0 atom stereocenters. The van der Waals surface area contributed by atoms with Crippen molar-refractivity contribution in [3.05, 3.63) is 41.7 Å². The molecule has 0 amide bonds. The maximum absolute atomic E-state index is 5.07. The zero-order valence-electron chi connectivity index (χ0n) is 12.1. The van der Waals surface area contributed by atoms with Gasteiger partial charge in [-0.3, -0.25) is 4.90 Å². The minimum Gasteiger partial charge on any atom is -0.383 e. The molecule has 0 aliphatic rings. The van der Waals surface area contributed by atoms with E-state index in [1.807, 2.05) is 6.07 Å². The second-order valence-corrected chi connectivity index (χ2v) is 4.60. The van der Waals surface area contributed by atoms with Crippen LogP contribution in [0, 0.1) is 0 Å². The molecule has 6 nitrogen and oxygen atoms in total. The van der Waals surface area contributed by atoms with Crippen LogP contribution in [0.25, 0.3) is 0 Å². The molecular formula is C14H21N5O. The van der Waals surface area contributed by atoms with Crippen LogP contribution in [0.5, 0.6) is 0 Å². The van der Waals surface area contributed by atoms with E-state index < -0.39 is 0 Å². The first kappa shape index (κ1) is 14.6. The van der Waals surface area contributed by atoms with E-state index in [2.05, 4.69) is 51.6 Å². The lowest BCUT2D eigenvalue weighted by Gasteiger charge is -2.19. The number of rotatable bonds is 8. The second-order valence-electron chi connectivity index (χ2n) is 4.60. The lowest BCUT2D eigenvalue weighted by Crippen LogP contribution is -2.25. The molecule has 0 fully saturated rings. The minimum atomic E-state index is 0.614. The van der Waals surface area contributed by atoms with Crippen molar-refractivity contribution in [2.75, 3.05) is 20.3 Å². The SMILES string of the molecule is CCN(Cc1ccccc1)Cc1nnnn1CCOC. The molecule has 2 aromatic rings. The topological polar surface area (TPSA) is 56.1 Å². The Kier molecular flexibility index (Phi) is 5.64. The molecule has 0 saturated heterocycles. The van der Waals surface area contributed by atoms with Crippen molar-refractivity contribution in [3.8, 4) is 0 Å². The number of nitrogens with zero attached hydrogens (tertiary/aromatic N) is 5. The third kappa shape index (κ3) is 4.11. The Labute approximate surface area is 119 Å². The van der Waals surface area contributed by atoms with E-state index >= 15 is 0 Å². The molecule has 0 aliphatic heterocycles. The number of methoxy groups -OCH3 is 1. The van der Waals surface area contributed by atoms with E-state index in [1.54, 1.807) is 11.8 Å². The average Bonchev–Trinajstić information content (AvgIpc) is 2.92. The zero-order valence-corrected chi connectivity index (χ0v) is 12.1. The van der Waals surface area contributed by atoms with E-state index in [4.69, 9.17) is 4.74 Å². The monoisotopic (exact) mass is 275 g/mol. The molecule has 1 aromatic heterocycles. The lowest BCUT2D eigenvalue weighted by molar-refractivity contribution is 0.178. The molecule has 1 heterocycles. The van der Waals surface area contributed by atoms with Gasteiger partial charge in [-0.2, -0.15) is 0 Å². The van der Waals surface area contributed by atoms with Crippen molar-refractivity contribution in [2.45, 2.75) is 26.6 Å². The van der Waals surface area contributed by atoms with Gasteiger partial charge in [0.1, 0.15) is 0 Å². The van der Waals surface area contributed by atoms with Gasteiger partial charge in [-0.15, -0.1) is 5.10 Å². The Morgan fingerprint density at radius 3 is 2.70 bits per heavy atom. The third-order valence-electron chi connectivity index (χ3n) is 3.17. The van der Waals surface area contributed by atoms with Gasteiger partial charge in [0.05, 0.1) is 19.7 Å². The maximum atomic E-state index is 5.07. The molecule has 0 radical (unpaired) electrons. The van der Waals surface area contributed by atoms with Crippen LogP contribution < -0.4 is 0 Å². The molecule has 1 aromatic carbocycles. The third-order valence-corrected chi connectivity index (χ3v) is 3.17. The van der Waals surface area contributed by atoms with Crippen LogP contribution in [0.2, 0.25) is 0 Å². The van der Waals surface area contributed by atoms with Gasteiger partial charge in [0.25, 0.3) is 0 Å². The normalized spacial score (nSPS) is 11.2. The van der Waals surface area contributed by atoms with Crippen molar-refractivity contribution >= 4 is 0 Å². The molecule has 20 heavy (non-hydrogen) atoms. The van der Waals surface area contributed by atoms with Crippen LogP contribution in [0.4, 0.5) is 0 Å². The molecule has 0 N–H and O–H groups in total. The summed E-state index contributed by atoms with van der Waals surface area (Å²) in [6.45, 7) is 6.03. The Hall–Kier alpha value is -1.79. The van der Waals surface area contributed by atoms with E-state index in [0.29, 0.717) is 13.2 Å². The summed E-state index contributed by atoms with van der Waals surface area (Å²) in [5.74, 6) is 0.875. The van der Waals surface area contributed by atoms with Gasteiger partial charge in [-0.25, -0.2) is 4.68 Å².